The Bertz CT molecular complexity index is 576. The molecule has 0 aliphatic heterocycles. The molecule has 1 aliphatic carbocycles. The first-order chi connectivity index (χ1) is 9.92. The summed E-state index contributed by atoms with van der Waals surface area (Å²) >= 11 is 0. The summed E-state index contributed by atoms with van der Waals surface area (Å²) in [7, 11) is 1.11. The van der Waals surface area contributed by atoms with E-state index in [1.54, 1.807) is 0 Å². The van der Waals surface area contributed by atoms with Crippen molar-refractivity contribution in [1.82, 2.24) is 0 Å². The predicted molar refractivity (Wildman–Crippen MR) is 71.8 cm³/mol. The average Bonchev–Trinajstić information content (AvgIpc) is 2.49. The van der Waals surface area contributed by atoms with E-state index in [-0.39, 0.29) is 11.1 Å². The number of methoxy groups -OCH3 is 1. The molecule has 1 aromatic rings. The highest BCUT2D eigenvalue weighted by atomic mass is 19.1. The molecule has 2 rings (SSSR count). The zero-order chi connectivity index (χ0) is 15.6. The van der Waals surface area contributed by atoms with E-state index in [0.29, 0.717) is 12.8 Å². The molecule has 0 heterocycles. The van der Waals surface area contributed by atoms with Gasteiger partial charge in [-0.05, 0) is 30.5 Å². The molecule has 0 bridgehead atoms. The van der Waals surface area contributed by atoms with Crippen molar-refractivity contribution in [3.05, 3.63) is 29.1 Å². The predicted octanol–water partition coefficient (Wildman–Crippen LogP) is 2.60. The molecule has 0 amide bonds. The molecule has 0 aromatic heterocycles. The summed E-state index contributed by atoms with van der Waals surface area (Å²) in [5.74, 6) is -3.77. The second-order valence-corrected chi connectivity index (χ2v) is 5.29. The fourth-order valence-electron chi connectivity index (χ4n) is 2.92. The fraction of sp³-hybridized carbons (Fsp3) is 0.467. The number of rotatable bonds is 3. The van der Waals surface area contributed by atoms with Crippen molar-refractivity contribution in [2.24, 2.45) is 0 Å². The minimum atomic E-state index is -1.21. The number of hydrogen-bond acceptors (Lipinski definition) is 4. The van der Waals surface area contributed by atoms with Crippen LogP contribution in [0.2, 0.25) is 0 Å². The third kappa shape index (κ3) is 2.57. The van der Waals surface area contributed by atoms with Gasteiger partial charge >= 0.3 is 11.9 Å². The van der Waals surface area contributed by atoms with Crippen molar-refractivity contribution in [1.29, 1.82) is 0 Å². The summed E-state index contributed by atoms with van der Waals surface area (Å²) in [6.07, 6.45) is 3.14. The van der Waals surface area contributed by atoms with E-state index >= 15 is 0 Å². The largest absolute Gasteiger partial charge is 0.504 e. The second kappa shape index (κ2) is 5.71. The summed E-state index contributed by atoms with van der Waals surface area (Å²) in [5, 5.41) is 19.2. The van der Waals surface area contributed by atoms with Gasteiger partial charge in [-0.2, -0.15) is 0 Å². The number of aromatic hydroxyl groups is 1. The van der Waals surface area contributed by atoms with Gasteiger partial charge in [-0.15, -0.1) is 0 Å². The molecule has 0 saturated heterocycles. The molecule has 1 fully saturated rings. The molecule has 0 unspecified atom stereocenters. The maximum atomic E-state index is 13.9. The maximum Gasteiger partial charge on any atom is 0.341 e. The summed E-state index contributed by atoms with van der Waals surface area (Å²) in [6.45, 7) is 0. The normalized spacial score (nSPS) is 17.2. The number of carboxylic acid groups (broad SMARTS) is 1. The van der Waals surface area contributed by atoms with Gasteiger partial charge in [0, 0.05) is 0 Å². The second-order valence-electron chi connectivity index (χ2n) is 5.29. The Balaban J connectivity index is 2.59. The van der Waals surface area contributed by atoms with Gasteiger partial charge in [0.05, 0.1) is 12.5 Å². The lowest BCUT2D eigenvalue weighted by Gasteiger charge is -2.34. The number of halogens is 1. The number of hydrogen-bond donors (Lipinski definition) is 2. The van der Waals surface area contributed by atoms with Crippen LogP contribution in [0.4, 0.5) is 4.39 Å². The van der Waals surface area contributed by atoms with Crippen LogP contribution in [0.3, 0.4) is 0 Å². The highest BCUT2D eigenvalue weighted by molar-refractivity contribution is 5.93. The van der Waals surface area contributed by atoms with Crippen LogP contribution in [0.25, 0.3) is 0 Å². The molecule has 1 saturated carbocycles. The Labute approximate surface area is 121 Å². The molecular formula is C15H17FO5. The Morgan fingerprint density at radius 3 is 2.38 bits per heavy atom. The van der Waals surface area contributed by atoms with E-state index in [1.807, 2.05) is 0 Å². The summed E-state index contributed by atoms with van der Waals surface area (Å²) in [5.41, 5.74) is -1.36. The van der Waals surface area contributed by atoms with E-state index in [0.717, 1.165) is 32.4 Å². The fourth-order valence-corrected chi connectivity index (χ4v) is 2.92. The molecule has 6 heteroatoms. The van der Waals surface area contributed by atoms with E-state index < -0.39 is 28.9 Å². The van der Waals surface area contributed by atoms with Gasteiger partial charge in [-0.3, -0.25) is 4.79 Å². The monoisotopic (exact) mass is 296 g/mol. The number of aliphatic carboxylic acids is 1. The van der Waals surface area contributed by atoms with Crippen molar-refractivity contribution in [2.75, 3.05) is 7.11 Å². The topological polar surface area (TPSA) is 83.8 Å². The van der Waals surface area contributed by atoms with Crippen LogP contribution in [-0.2, 0) is 14.9 Å². The molecule has 0 spiro atoms. The highest BCUT2D eigenvalue weighted by Crippen LogP contribution is 2.41. The number of phenols is 1. The third-order valence-corrected chi connectivity index (χ3v) is 4.14. The van der Waals surface area contributed by atoms with Crippen molar-refractivity contribution in [2.45, 2.75) is 37.5 Å². The smallest absolute Gasteiger partial charge is 0.341 e. The Hall–Kier alpha value is -2.11. The average molecular weight is 296 g/mol. The van der Waals surface area contributed by atoms with Gasteiger partial charge in [-0.1, -0.05) is 19.3 Å². The molecule has 1 aliphatic rings. The number of carboxylic acids is 1. The zero-order valence-electron chi connectivity index (χ0n) is 11.7. The molecule has 2 N–H and O–H groups in total. The van der Waals surface area contributed by atoms with Crippen LogP contribution in [0.1, 0.15) is 48.0 Å². The number of carbonyl (C=O) groups excluding carboxylic acids is 1. The van der Waals surface area contributed by atoms with Crippen LogP contribution < -0.4 is 0 Å². The molecule has 1 aromatic carbocycles. The first-order valence-electron chi connectivity index (χ1n) is 6.77. The van der Waals surface area contributed by atoms with Crippen molar-refractivity contribution >= 4 is 11.9 Å². The molecule has 0 radical (unpaired) electrons. The molecule has 5 nitrogen and oxygen atoms in total. The number of ether oxygens (including phenoxy) is 1. The SMILES string of the molecule is COC(=O)c1cc(C2(C(=O)O)CCCCC2)cc(F)c1O. The summed E-state index contributed by atoms with van der Waals surface area (Å²) in [4.78, 5) is 23.3. The van der Waals surface area contributed by atoms with Crippen LogP contribution >= 0.6 is 0 Å². The van der Waals surface area contributed by atoms with Gasteiger partial charge in [0.1, 0.15) is 5.56 Å². The van der Waals surface area contributed by atoms with E-state index in [1.165, 1.54) is 6.07 Å². The molecule has 0 atom stereocenters. The van der Waals surface area contributed by atoms with Crippen LogP contribution in [0.5, 0.6) is 5.75 Å². The van der Waals surface area contributed by atoms with E-state index in [2.05, 4.69) is 4.74 Å². The van der Waals surface area contributed by atoms with Crippen LogP contribution in [-0.4, -0.2) is 29.3 Å². The highest BCUT2D eigenvalue weighted by Gasteiger charge is 2.42. The van der Waals surface area contributed by atoms with Gasteiger partial charge in [-0.25, -0.2) is 9.18 Å². The van der Waals surface area contributed by atoms with Gasteiger partial charge in [0.25, 0.3) is 0 Å². The Kier molecular flexibility index (Phi) is 4.16. The molecular weight excluding hydrogens is 279 g/mol. The van der Waals surface area contributed by atoms with Gasteiger partial charge in [0.15, 0.2) is 11.6 Å². The summed E-state index contributed by atoms with van der Waals surface area (Å²) < 4.78 is 18.4. The van der Waals surface area contributed by atoms with Crippen molar-refractivity contribution in [3.8, 4) is 5.75 Å². The lowest BCUT2D eigenvalue weighted by atomic mass is 9.69. The number of esters is 1. The summed E-state index contributed by atoms with van der Waals surface area (Å²) in [6, 6.07) is 2.23. The van der Waals surface area contributed by atoms with Gasteiger partial charge in [0.2, 0.25) is 0 Å². The third-order valence-electron chi connectivity index (χ3n) is 4.14. The maximum absolute atomic E-state index is 13.9. The number of benzene rings is 1. The lowest BCUT2D eigenvalue weighted by Crippen LogP contribution is -2.38. The minimum absolute atomic E-state index is 0.199. The molecule has 114 valence electrons. The van der Waals surface area contributed by atoms with E-state index in [9.17, 15) is 24.2 Å². The van der Waals surface area contributed by atoms with E-state index in [4.69, 9.17) is 0 Å². The van der Waals surface area contributed by atoms with Crippen molar-refractivity contribution < 1.29 is 28.9 Å². The Morgan fingerprint density at radius 1 is 1.24 bits per heavy atom. The Morgan fingerprint density at radius 2 is 1.86 bits per heavy atom. The first-order valence-corrected chi connectivity index (χ1v) is 6.77. The van der Waals surface area contributed by atoms with Crippen LogP contribution in [0.15, 0.2) is 12.1 Å². The minimum Gasteiger partial charge on any atom is -0.504 e. The van der Waals surface area contributed by atoms with Crippen molar-refractivity contribution in [3.63, 3.8) is 0 Å². The van der Waals surface area contributed by atoms with Crippen LogP contribution in [0, 0.1) is 5.82 Å². The standard InChI is InChI=1S/C15H17FO5/c1-21-13(18)10-7-9(8-11(16)12(10)17)15(14(19)20)5-3-2-4-6-15/h7-8,17H,2-6H2,1H3,(H,19,20). The molecule has 21 heavy (non-hydrogen) atoms. The number of carbonyl (C=O) groups is 2. The van der Waals surface area contributed by atoms with Gasteiger partial charge < -0.3 is 14.9 Å². The first kappa shape index (κ1) is 15.3. The lowest BCUT2D eigenvalue weighted by molar-refractivity contribution is -0.145. The number of phenolic OH excluding ortho intramolecular Hbond substituents is 1. The quantitative estimate of drug-likeness (QED) is 0.838. The zero-order valence-corrected chi connectivity index (χ0v) is 11.7.